The van der Waals surface area contributed by atoms with Crippen LogP contribution in [0.15, 0.2) is 12.5 Å². The van der Waals surface area contributed by atoms with E-state index in [0.717, 1.165) is 31.4 Å². The molecule has 0 fully saturated rings. The molecule has 0 aliphatic rings. The van der Waals surface area contributed by atoms with Gasteiger partial charge in [0.25, 0.3) is 0 Å². The van der Waals surface area contributed by atoms with E-state index in [0.29, 0.717) is 25.4 Å². The van der Waals surface area contributed by atoms with Crippen LogP contribution in [0, 0.1) is 5.92 Å². The highest BCUT2D eigenvalue weighted by Gasteiger charge is 2.09. The summed E-state index contributed by atoms with van der Waals surface area (Å²) in [6, 6.07) is 0. The van der Waals surface area contributed by atoms with Crippen LogP contribution in [0.1, 0.15) is 44.7 Å². The predicted octanol–water partition coefficient (Wildman–Crippen LogP) is 1.61. The molecule has 0 aliphatic heterocycles. The fourth-order valence-corrected chi connectivity index (χ4v) is 2.26. The average molecular weight is 266 g/mol. The van der Waals surface area contributed by atoms with E-state index in [2.05, 4.69) is 22.2 Å². The number of imidazole rings is 1. The van der Waals surface area contributed by atoms with Crippen molar-refractivity contribution in [1.82, 2.24) is 15.3 Å². The number of rotatable bonds is 10. The molecule has 0 aliphatic carbocycles. The number of nitrogens with two attached hydrogens (primary N) is 1. The molecule has 0 spiro atoms. The molecule has 19 heavy (non-hydrogen) atoms. The first-order valence-corrected chi connectivity index (χ1v) is 7.20. The van der Waals surface area contributed by atoms with Gasteiger partial charge in [0.05, 0.1) is 6.33 Å². The van der Waals surface area contributed by atoms with Gasteiger partial charge in [0.2, 0.25) is 5.91 Å². The molecule has 108 valence electrons. The maximum atomic E-state index is 11.7. The van der Waals surface area contributed by atoms with E-state index in [1.807, 2.05) is 0 Å². The van der Waals surface area contributed by atoms with Crippen LogP contribution in [0.25, 0.3) is 0 Å². The van der Waals surface area contributed by atoms with E-state index in [4.69, 9.17) is 5.73 Å². The molecule has 1 heterocycles. The topological polar surface area (TPSA) is 83.8 Å². The largest absolute Gasteiger partial charge is 0.356 e. The van der Waals surface area contributed by atoms with Crippen LogP contribution < -0.4 is 11.1 Å². The number of amides is 1. The number of aromatic nitrogens is 2. The molecular formula is C14H26N4O. The van der Waals surface area contributed by atoms with Crippen molar-refractivity contribution in [2.24, 2.45) is 11.7 Å². The lowest BCUT2D eigenvalue weighted by Gasteiger charge is -2.14. The number of nitrogens with zero attached hydrogens (tertiary/aromatic N) is 1. The summed E-state index contributed by atoms with van der Waals surface area (Å²) in [5, 5.41) is 2.94. The van der Waals surface area contributed by atoms with Crippen molar-refractivity contribution in [1.29, 1.82) is 0 Å². The quantitative estimate of drug-likeness (QED) is 0.601. The minimum atomic E-state index is 0.137. The molecule has 1 aromatic heterocycles. The standard InChI is InChI=1S/C14H26N4O/c1-2-3-12(6-8-15)4-5-14(19)17-9-7-13-10-16-11-18-13/h10-12H,2-9,15H2,1H3,(H,16,18)(H,17,19). The van der Waals surface area contributed by atoms with Crippen molar-refractivity contribution in [2.75, 3.05) is 13.1 Å². The summed E-state index contributed by atoms with van der Waals surface area (Å²) in [6.07, 6.45) is 9.13. The molecule has 0 radical (unpaired) electrons. The summed E-state index contributed by atoms with van der Waals surface area (Å²) < 4.78 is 0. The maximum Gasteiger partial charge on any atom is 0.220 e. The van der Waals surface area contributed by atoms with Gasteiger partial charge >= 0.3 is 0 Å². The van der Waals surface area contributed by atoms with E-state index >= 15 is 0 Å². The van der Waals surface area contributed by atoms with Gasteiger partial charge in [0.15, 0.2) is 0 Å². The third-order valence-corrected chi connectivity index (χ3v) is 3.32. The Morgan fingerprint density at radius 1 is 1.47 bits per heavy atom. The first-order chi connectivity index (χ1) is 9.26. The minimum Gasteiger partial charge on any atom is -0.356 e. The van der Waals surface area contributed by atoms with E-state index in [1.165, 1.54) is 6.42 Å². The van der Waals surface area contributed by atoms with Gasteiger partial charge in [-0.25, -0.2) is 4.98 Å². The molecule has 1 atom stereocenters. The highest BCUT2D eigenvalue weighted by atomic mass is 16.1. The molecule has 5 heteroatoms. The molecule has 4 N–H and O–H groups in total. The van der Waals surface area contributed by atoms with Gasteiger partial charge in [0, 0.05) is 31.3 Å². The van der Waals surface area contributed by atoms with Crippen LogP contribution in [0.3, 0.4) is 0 Å². The van der Waals surface area contributed by atoms with Crippen molar-refractivity contribution in [2.45, 2.75) is 45.4 Å². The molecule has 0 saturated heterocycles. The highest BCUT2D eigenvalue weighted by Crippen LogP contribution is 2.16. The van der Waals surface area contributed by atoms with Gasteiger partial charge in [-0.05, 0) is 25.3 Å². The summed E-state index contributed by atoms with van der Waals surface area (Å²) >= 11 is 0. The zero-order valence-corrected chi connectivity index (χ0v) is 11.8. The van der Waals surface area contributed by atoms with Gasteiger partial charge in [-0.3, -0.25) is 4.79 Å². The summed E-state index contributed by atoms with van der Waals surface area (Å²) in [6.45, 7) is 3.55. The number of carbonyl (C=O) groups excluding carboxylic acids is 1. The van der Waals surface area contributed by atoms with E-state index < -0.39 is 0 Å². The molecule has 0 bridgehead atoms. The molecule has 1 aromatic rings. The minimum absolute atomic E-state index is 0.137. The van der Waals surface area contributed by atoms with E-state index in [9.17, 15) is 4.79 Å². The highest BCUT2D eigenvalue weighted by molar-refractivity contribution is 5.75. The van der Waals surface area contributed by atoms with Gasteiger partial charge in [-0.2, -0.15) is 0 Å². The predicted molar refractivity (Wildman–Crippen MR) is 76.6 cm³/mol. The Balaban J connectivity index is 2.12. The van der Waals surface area contributed by atoms with Crippen LogP contribution in [-0.4, -0.2) is 29.0 Å². The Morgan fingerprint density at radius 3 is 2.95 bits per heavy atom. The summed E-state index contributed by atoms with van der Waals surface area (Å²) in [5.41, 5.74) is 6.64. The van der Waals surface area contributed by atoms with Crippen LogP contribution in [-0.2, 0) is 11.2 Å². The van der Waals surface area contributed by atoms with Gasteiger partial charge in [-0.1, -0.05) is 19.8 Å². The Kier molecular flexibility index (Phi) is 7.89. The third-order valence-electron chi connectivity index (χ3n) is 3.32. The molecule has 1 rings (SSSR count). The maximum absolute atomic E-state index is 11.7. The van der Waals surface area contributed by atoms with Crippen LogP contribution in [0.4, 0.5) is 0 Å². The summed E-state index contributed by atoms with van der Waals surface area (Å²) in [5.74, 6) is 0.728. The second-order valence-electron chi connectivity index (χ2n) is 4.95. The summed E-state index contributed by atoms with van der Waals surface area (Å²) in [4.78, 5) is 18.7. The van der Waals surface area contributed by atoms with E-state index in [-0.39, 0.29) is 5.91 Å². The van der Waals surface area contributed by atoms with E-state index in [1.54, 1.807) is 12.5 Å². The average Bonchev–Trinajstić information content (AvgIpc) is 2.90. The molecule has 1 amide bonds. The lowest BCUT2D eigenvalue weighted by molar-refractivity contribution is -0.121. The van der Waals surface area contributed by atoms with Crippen molar-refractivity contribution in [3.05, 3.63) is 18.2 Å². The normalized spacial score (nSPS) is 12.3. The second-order valence-corrected chi connectivity index (χ2v) is 4.95. The molecular weight excluding hydrogens is 240 g/mol. The number of aromatic amines is 1. The first-order valence-electron chi connectivity index (χ1n) is 7.20. The number of H-pyrrole nitrogens is 1. The number of hydrogen-bond acceptors (Lipinski definition) is 3. The van der Waals surface area contributed by atoms with Gasteiger partial charge < -0.3 is 16.0 Å². The number of hydrogen-bond donors (Lipinski definition) is 3. The van der Waals surface area contributed by atoms with Gasteiger partial charge in [0.1, 0.15) is 0 Å². The van der Waals surface area contributed by atoms with Crippen molar-refractivity contribution < 1.29 is 4.79 Å². The zero-order valence-electron chi connectivity index (χ0n) is 11.8. The molecule has 0 aromatic carbocycles. The van der Waals surface area contributed by atoms with Crippen molar-refractivity contribution in [3.63, 3.8) is 0 Å². The Labute approximate surface area is 115 Å². The molecule has 0 saturated carbocycles. The zero-order chi connectivity index (χ0) is 13.9. The third kappa shape index (κ3) is 6.96. The molecule has 5 nitrogen and oxygen atoms in total. The monoisotopic (exact) mass is 266 g/mol. The van der Waals surface area contributed by atoms with Crippen LogP contribution >= 0.6 is 0 Å². The Hall–Kier alpha value is -1.36. The first kappa shape index (κ1) is 15.7. The van der Waals surface area contributed by atoms with Crippen molar-refractivity contribution in [3.8, 4) is 0 Å². The Bertz CT molecular complexity index is 331. The van der Waals surface area contributed by atoms with Crippen molar-refractivity contribution >= 4 is 5.91 Å². The second kappa shape index (κ2) is 9.55. The Morgan fingerprint density at radius 2 is 2.32 bits per heavy atom. The van der Waals surface area contributed by atoms with Crippen LogP contribution in [0.2, 0.25) is 0 Å². The SMILES string of the molecule is CCCC(CCN)CCC(=O)NCCc1cnc[nH]1. The fraction of sp³-hybridized carbons (Fsp3) is 0.714. The lowest BCUT2D eigenvalue weighted by atomic mass is 9.94. The smallest absolute Gasteiger partial charge is 0.220 e. The number of carbonyl (C=O) groups is 1. The molecule has 1 unspecified atom stereocenters. The van der Waals surface area contributed by atoms with Crippen LogP contribution in [0.5, 0.6) is 0 Å². The summed E-state index contributed by atoms with van der Waals surface area (Å²) in [7, 11) is 0. The lowest BCUT2D eigenvalue weighted by Crippen LogP contribution is -2.26. The number of nitrogens with one attached hydrogen (secondary N) is 2. The fourth-order valence-electron chi connectivity index (χ4n) is 2.26. The van der Waals surface area contributed by atoms with Gasteiger partial charge in [-0.15, -0.1) is 0 Å².